The number of ketones is 2. The lowest BCUT2D eigenvalue weighted by Crippen LogP contribution is -2.44. The predicted molar refractivity (Wildman–Crippen MR) is 306 cm³/mol. The lowest BCUT2D eigenvalue weighted by Gasteiger charge is -2.36. The number of ether oxygens (including phenoxy) is 2. The fourth-order valence-corrected chi connectivity index (χ4v) is 9.37. The van der Waals surface area contributed by atoms with Gasteiger partial charge in [-0.2, -0.15) is 0 Å². The van der Waals surface area contributed by atoms with Gasteiger partial charge in [0.1, 0.15) is 13.1 Å². The van der Waals surface area contributed by atoms with Crippen molar-refractivity contribution in [3.8, 4) is 0 Å². The summed E-state index contributed by atoms with van der Waals surface area (Å²) >= 11 is 0. The van der Waals surface area contributed by atoms with Gasteiger partial charge in [0.15, 0.2) is 23.8 Å². The minimum absolute atomic E-state index is 0.0761. The van der Waals surface area contributed by atoms with Gasteiger partial charge in [-0.05, 0) is 111 Å². The van der Waals surface area contributed by atoms with Crippen molar-refractivity contribution in [2.75, 3.05) is 26.2 Å². The molecule has 0 fully saturated rings. The van der Waals surface area contributed by atoms with Crippen LogP contribution < -0.4 is 21.3 Å². The Balaban J connectivity index is 1.92. The highest BCUT2D eigenvalue weighted by Gasteiger charge is 2.41. The fourth-order valence-electron chi connectivity index (χ4n) is 9.37. The van der Waals surface area contributed by atoms with Crippen LogP contribution in [0.25, 0.3) is 0 Å². The minimum atomic E-state index is -0.990. The smallest absolute Gasteiger partial charge is 0.326 e. The zero-order chi connectivity index (χ0) is 58.9. The molecule has 2 aliphatic rings. The summed E-state index contributed by atoms with van der Waals surface area (Å²) in [5.74, 6) is -3.94. The molecule has 2 aliphatic carbocycles. The van der Waals surface area contributed by atoms with Gasteiger partial charge in [0, 0.05) is 38.8 Å². The monoisotopic (exact) mass is 1080 g/mol. The van der Waals surface area contributed by atoms with Crippen LogP contribution in [0.5, 0.6) is 0 Å². The maximum Gasteiger partial charge on any atom is 0.326 e. The summed E-state index contributed by atoms with van der Waals surface area (Å²) in [5.41, 5.74) is 5.73. The number of allylic oxidation sites excluding steroid dienone is 20. The summed E-state index contributed by atoms with van der Waals surface area (Å²) in [4.78, 5) is 99.2. The molecule has 6 N–H and O–H groups in total. The molecular weight excluding hydrogens is 993 g/mol. The number of carboxylic acids is 2. The third-order valence-electron chi connectivity index (χ3n) is 13.2. The van der Waals surface area contributed by atoms with Gasteiger partial charge in [-0.15, -0.1) is 0 Å². The highest BCUT2D eigenvalue weighted by Crippen LogP contribution is 2.42. The molecule has 16 nitrogen and oxygen atoms in total. The van der Waals surface area contributed by atoms with E-state index in [1.54, 1.807) is 13.8 Å². The Labute approximate surface area is 463 Å². The molecule has 0 spiro atoms. The van der Waals surface area contributed by atoms with Crippen molar-refractivity contribution in [2.45, 2.75) is 148 Å². The SMILES string of the molecule is CC1=C(/C=C/C(C)=C/C=C/C(C)=C/C=C/C=C(C)/C=C/C=C(C)/C=C/C2=C(C)C(=O)C(OC(=O)CNC(=O)NCC(CC(=O)O)CC(C)C)CC2(C)C)C(C)(C)CC(OC(=O)CNC(=O)NCC(CC(=O)O)CC(C)C)C1=O. The van der Waals surface area contributed by atoms with E-state index >= 15 is 0 Å². The van der Waals surface area contributed by atoms with Gasteiger partial charge in [0.05, 0.1) is 0 Å². The number of esters is 2. The maximum atomic E-state index is 13.4. The van der Waals surface area contributed by atoms with Crippen LogP contribution in [0.15, 0.2) is 130 Å². The van der Waals surface area contributed by atoms with Crippen LogP contribution in [-0.4, -0.2) is 96.1 Å². The van der Waals surface area contributed by atoms with E-state index in [2.05, 4.69) is 21.3 Å². The molecule has 0 heterocycles. The number of carboxylic acid groups (broad SMARTS) is 2. The molecule has 78 heavy (non-hydrogen) atoms. The van der Waals surface area contributed by atoms with Crippen molar-refractivity contribution in [1.29, 1.82) is 0 Å². The number of carbonyl (C=O) groups excluding carboxylic acids is 6. The second-order valence-corrected chi connectivity index (χ2v) is 22.7. The highest BCUT2D eigenvalue weighted by molar-refractivity contribution is 6.02. The first-order chi connectivity index (χ1) is 36.4. The third kappa shape index (κ3) is 25.4. The maximum absolute atomic E-state index is 13.4. The number of amides is 4. The Morgan fingerprint density at radius 2 is 0.859 bits per heavy atom. The summed E-state index contributed by atoms with van der Waals surface area (Å²) < 4.78 is 11.1. The molecule has 0 aromatic heterocycles. The summed E-state index contributed by atoms with van der Waals surface area (Å²) in [5, 5.41) is 28.5. The fraction of sp³-hybridized carbons (Fsp3) is 0.516. The minimum Gasteiger partial charge on any atom is -0.481 e. The van der Waals surface area contributed by atoms with E-state index in [9.17, 15) is 48.6 Å². The molecular formula is C62H88N4O12. The lowest BCUT2D eigenvalue weighted by molar-refractivity contribution is -0.155. The number of hydrogen-bond acceptors (Lipinski definition) is 10. The number of rotatable bonds is 28. The first-order valence-corrected chi connectivity index (χ1v) is 26.9. The van der Waals surface area contributed by atoms with E-state index < -0.39 is 72.1 Å². The molecule has 0 aromatic rings. The molecule has 4 atom stereocenters. The van der Waals surface area contributed by atoms with Crippen LogP contribution >= 0.6 is 0 Å². The zero-order valence-corrected chi connectivity index (χ0v) is 48.6. The zero-order valence-electron chi connectivity index (χ0n) is 48.6. The Morgan fingerprint density at radius 3 is 1.18 bits per heavy atom. The van der Waals surface area contributed by atoms with Crippen molar-refractivity contribution in [2.24, 2.45) is 34.5 Å². The van der Waals surface area contributed by atoms with Crippen LogP contribution in [0, 0.1) is 34.5 Å². The molecule has 0 bridgehead atoms. The first kappa shape index (κ1) is 67.0. The van der Waals surface area contributed by atoms with Crippen LogP contribution in [0.3, 0.4) is 0 Å². The largest absolute Gasteiger partial charge is 0.481 e. The van der Waals surface area contributed by atoms with E-state index in [-0.39, 0.29) is 74.0 Å². The highest BCUT2D eigenvalue weighted by atomic mass is 16.6. The number of hydrogen-bond donors (Lipinski definition) is 6. The van der Waals surface area contributed by atoms with Crippen LogP contribution in [0.1, 0.15) is 135 Å². The van der Waals surface area contributed by atoms with Gasteiger partial charge >= 0.3 is 35.9 Å². The molecule has 4 amide bonds. The standard InChI is InChI=1S/C62H88N4O12/c1-39(2)29-47(31-53(67)68)35-63-59(75)65-37-55(71)77-51-33-61(11,12)49(45(9)57(51)73)27-25-43(7)23-17-21-41(5)19-15-16-20-42(6)22-18-24-44(8)26-28-50-46(10)58(74)52(34-62(50,13)14)78-56(72)38-66-60(76)64-36-48(30-40(3)4)32-54(69)70/h15-28,39-40,47-48,51-52H,29-38H2,1-14H3,(H,67,68)(H,69,70)(H2,63,65,75)(H2,64,66,76)/b16-15+,21-17+,22-18+,27-25+,28-26+,41-19+,42-20+,43-23+,44-24+. The number of carbonyl (C=O) groups is 8. The van der Waals surface area contributed by atoms with Crippen molar-refractivity contribution >= 4 is 47.5 Å². The number of nitrogens with one attached hydrogen (secondary N) is 4. The topological polar surface area (TPSA) is 244 Å². The number of Topliss-reactive ketones (excluding diaryl/α,β-unsaturated/α-hetero) is 2. The van der Waals surface area contributed by atoms with Crippen molar-refractivity contribution < 1.29 is 58.0 Å². The number of aliphatic carboxylic acids is 2. The average molecular weight is 1080 g/mol. The summed E-state index contributed by atoms with van der Waals surface area (Å²) in [7, 11) is 0. The summed E-state index contributed by atoms with van der Waals surface area (Å²) in [6, 6.07) is -1.24. The van der Waals surface area contributed by atoms with Gasteiger partial charge in [0.25, 0.3) is 0 Å². The molecule has 4 unspecified atom stereocenters. The predicted octanol–water partition coefficient (Wildman–Crippen LogP) is 10.9. The second kappa shape index (κ2) is 32.6. The summed E-state index contributed by atoms with van der Waals surface area (Å²) in [6.45, 7) is 26.7. The Bertz CT molecular complexity index is 2370. The van der Waals surface area contributed by atoms with E-state index in [1.807, 2.05) is 168 Å². The molecule has 428 valence electrons. The molecule has 2 rings (SSSR count). The van der Waals surface area contributed by atoms with Crippen LogP contribution in [0.4, 0.5) is 9.59 Å². The molecule has 0 aromatic carbocycles. The lowest BCUT2D eigenvalue weighted by atomic mass is 9.71. The quantitative estimate of drug-likeness (QED) is 0.0317. The van der Waals surface area contributed by atoms with Gasteiger partial charge < -0.3 is 41.0 Å². The van der Waals surface area contributed by atoms with E-state index in [0.717, 1.165) is 33.4 Å². The van der Waals surface area contributed by atoms with Crippen molar-refractivity contribution in [3.05, 3.63) is 130 Å². The Kier molecular flexibility index (Phi) is 28.0. The van der Waals surface area contributed by atoms with Gasteiger partial charge in [0.2, 0.25) is 0 Å². The van der Waals surface area contributed by atoms with E-state index in [0.29, 0.717) is 24.0 Å². The number of urea groups is 2. The van der Waals surface area contributed by atoms with E-state index in [4.69, 9.17) is 9.47 Å². The molecule has 0 saturated heterocycles. The summed E-state index contributed by atoms with van der Waals surface area (Å²) in [6.07, 6.45) is 27.2. The normalized spacial score (nSPS) is 19.4. The van der Waals surface area contributed by atoms with E-state index in [1.165, 1.54) is 0 Å². The molecule has 16 heteroatoms. The van der Waals surface area contributed by atoms with Crippen LogP contribution in [-0.2, 0) is 38.2 Å². The molecule has 0 aliphatic heterocycles. The van der Waals surface area contributed by atoms with Crippen molar-refractivity contribution in [3.63, 3.8) is 0 Å². The van der Waals surface area contributed by atoms with Gasteiger partial charge in [-0.1, -0.05) is 163 Å². The third-order valence-corrected chi connectivity index (χ3v) is 13.2. The molecule has 0 radical (unpaired) electrons. The second-order valence-electron chi connectivity index (χ2n) is 22.7. The Morgan fingerprint density at radius 1 is 0.538 bits per heavy atom. The average Bonchev–Trinajstić information content (AvgIpc) is 3.32. The van der Waals surface area contributed by atoms with Crippen molar-refractivity contribution in [1.82, 2.24) is 21.3 Å². The van der Waals surface area contributed by atoms with Gasteiger partial charge in [-0.3, -0.25) is 28.8 Å². The van der Waals surface area contributed by atoms with Gasteiger partial charge in [-0.25, -0.2) is 9.59 Å². The first-order valence-electron chi connectivity index (χ1n) is 26.9. The molecule has 0 saturated carbocycles. The Hall–Kier alpha value is -7.10. The van der Waals surface area contributed by atoms with Crippen LogP contribution in [0.2, 0.25) is 0 Å².